The number of nitrogens with one attached hydrogen (secondary N) is 1. The Hall–Kier alpha value is -0.850. The van der Waals surface area contributed by atoms with Gasteiger partial charge in [-0.1, -0.05) is 5.92 Å². The molecular formula is C9H12N2S. The molecule has 0 saturated heterocycles. The third-order valence-electron chi connectivity index (χ3n) is 1.60. The Kier molecular flexibility index (Phi) is 3.78. The first-order valence-electron chi connectivity index (χ1n) is 3.87. The van der Waals surface area contributed by atoms with Crippen molar-refractivity contribution in [2.45, 2.75) is 13.3 Å². The van der Waals surface area contributed by atoms with E-state index < -0.39 is 0 Å². The van der Waals surface area contributed by atoms with Crippen LogP contribution in [0.25, 0.3) is 0 Å². The van der Waals surface area contributed by atoms with Gasteiger partial charge in [0.2, 0.25) is 0 Å². The molecule has 0 saturated carbocycles. The van der Waals surface area contributed by atoms with E-state index in [1.165, 1.54) is 4.88 Å². The Morgan fingerprint density at radius 1 is 1.75 bits per heavy atom. The third-order valence-corrected chi connectivity index (χ3v) is 2.60. The van der Waals surface area contributed by atoms with Crippen molar-refractivity contribution >= 4 is 11.3 Å². The highest BCUT2D eigenvalue weighted by Gasteiger charge is 1.99. The fraction of sp³-hybridized carbons (Fsp3) is 0.444. The van der Waals surface area contributed by atoms with E-state index in [2.05, 4.69) is 16.2 Å². The number of rotatable bonds is 4. The second-order valence-electron chi connectivity index (χ2n) is 2.49. The molecule has 0 radical (unpaired) electrons. The number of hydrogen-bond donors (Lipinski definition) is 1. The monoisotopic (exact) mass is 180 g/mol. The van der Waals surface area contributed by atoms with Gasteiger partial charge >= 0.3 is 0 Å². The van der Waals surface area contributed by atoms with E-state index in [9.17, 15) is 0 Å². The predicted molar refractivity (Wildman–Crippen MR) is 52.3 cm³/mol. The summed E-state index contributed by atoms with van der Waals surface area (Å²) in [5, 5.41) is 3.14. The van der Waals surface area contributed by atoms with E-state index in [1.807, 2.05) is 12.4 Å². The zero-order valence-corrected chi connectivity index (χ0v) is 7.95. The molecule has 1 aromatic rings. The molecule has 1 N–H and O–H groups in total. The molecule has 0 aliphatic carbocycles. The molecule has 64 valence electrons. The topological polar surface area (TPSA) is 24.9 Å². The fourth-order valence-electron chi connectivity index (χ4n) is 0.929. The number of aromatic nitrogens is 1. The van der Waals surface area contributed by atoms with E-state index in [0.29, 0.717) is 6.54 Å². The van der Waals surface area contributed by atoms with Crippen LogP contribution in [0.2, 0.25) is 0 Å². The highest BCUT2D eigenvalue weighted by molar-refractivity contribution is 7.09. The minimum atomic E-state index is 0.651. The summed E-state index contributed by atoms with van der Waals surface area (Å²) in [7, 11) is 0. The van der Waals surface area contributed by atoms with Crippen molar-refractivity contribution in [2.24, 2.45) is 0 Å². The zero-order chi connectivity index (χ0) is 8.81. The minimum absolute atomic E-state index is 0.651. The molecule has 0 unspecified atom stereocenters. The average Bonchev–Trinajstić information content (AvgIpc) is 2.46. The summed E-state index contributed by atoms with van der Waals surface area (Å²) in [6.07, 6.45) is 6.12. The maximum atomic E-state index is 5.10. The smallest absolute Gasteiger partial charge is 0.0797 e. The maximum Gasteiger partial charge on any atom is 0.0797 e. The van der Waals surface area contributed by atoms with Crippen molar-refractivity contribution < 1.29 is 0 Å². The first-order chi connectivity index (χ1) is 5.84. The first-order valence-corrected chi connectivity index (χ1v) is 4.75. The van der Waals surface area contributed by atoms with Crippen molar-refractivity contribution in [1.82, 2.24) is 10.3 Å². The lowest BCUT2D eigenvalue weighted by molar-refractivity contribution is 0.756. The normalized spacial score (nSPS) is 9.67. The molecule has 0 bridgehead atoms. The highest BCUT2D eigenvalue weighted by Crippen LogP contribution is 2.11. The molecule has 1 aromatic heterocycles. The van der Waals surface area contributed by atoms with Crippen molar-refractivity contribution in [3.63, 3.8) is 0 Å². The Bertz CT molecular complexity index is 272. The van der Waals surface area contributed by atoms with Gasteiger partial charge in [-0.25, -0.2) is 4.98 Å². The number of nitrogens with zero attached hydrogens (tertiary/aromatic N) is 1. The zero-order valence-electron chi connectivity index (χ0n) is 7.13. The number of terminal acetylenes is 1. The minimum Gasteiger partial charge on any atom is -0.306 e. The molecule has 1 heterocycles. The number of hydrogen-bond acceptors (Lipinski definition) is 3. The molecule has 2 nitrogen and oxygen atoms in total. The van der Waals surface area contributed by atoms with E-state index >= 15 is 0 Å². The Balaban J connectivity index is 2.25. The molecule has 12 heavy (non-hydrogen) atoms. The quantitative estimate of drug-likeness (QED) is 0.556. The van der Waals surface area contributed by atoms with E-state index in [-0.39, 0.29) is 0 Å². The van der Waals surface area contributed by atoms with Gasteiger partial charge in [0, 0.05) is 11.4 Å². The number of thiazole rings is 1. The summed E-state index contributed by atoms with van der Waals surface area (Å²) in [4.78, 5) is 5.51. The second-order valence-corrected chi connectivity index (χ2v) is 3.43. The van der Waals surface area contributed by atoms with Gasteiger partial charge in [-0.2, -0.15) is 0 Å². The summed E-state index contributed by atoms with van der Waals surface area (Å²) in [6.45, 7) is 3.62. The van der Waals surface area contributed by atoms with Gasteiger partial charge in [0.05, 0.1) is 17.7 Å². The lowest BCUT2D eigenvalue weighted by Gasteiger charge is -1.98. The van der Waals surface area contributed by atoms with E-state index in [4.69, 9.17) is 6.42 Å². The molecule has 0 fully saturated rings. The van der Waals surface area contributed by atoms with Gasteiger partial charge in [0.15, 0.2) is 0 Å². The molecule has 0 aliphatic heterocycles. The van der Waals surface area contributed by atoms with Crippen LogP contribution in [0.4, 0.5) is 0 Å². The van der Waals surface area contributed by atoms with Crippen molar-refractivity contribution in [3.8, 4) is 12.3 Å². The number of aryl methyl sites for hydroxylation is 1. The summed E-state index contributed by atoms with van der Waals surface area (Å²) in [6, 6.07) is 0. The van der Waals surface area contributed by atoms with E-state index in [1.54, 1.807) is 11.3 Å². The SMILES string of the molecule is C#CCNCCc1scnc1C. The lowest BCUT2D eigenvalue weighted by Crippen LogP contribution is -2.16. The largest absolute Gasteiger partial charge is 0.306 e. The van der Waals surface area contributed by atoms with Gasteiger partial charge < -0.3 is 5.32 Å². The van der Waals surface area contributed by atoms with Crippen molar-refractivity contribution in [3.05, 3.63) is 16.1 Å². The molecule has 0 amide bonds. The predicted octanol–water partition coefficient (Wildman–Crippen LogP) is 1.22. The van der Waals surface area contributed by atoms with E-state index in [0.717, 1.165) is 18.7 Å². The Morgan fingerprint density at radius 3 is 3.17 bits per heavy atom. The van der Waals surface area contributed by atoms with Crippen LogP contribution in [0.5, 0.6) is 0 Å². The third kappa shape index (κ3) is 2.65. The van der Waals surface area contributed by atoms with Crippen molar-refractivity contribution in [2.75, 3.05) is 13.1 Å². The maximum absolute atomic E-state index is 5.10. The lowest BCUT2D eigenvalue weighted by atomic mass is 10.3. The van der Waals surface area contributed by atoms with Crippen LogP contribution in [-0.4, -0.2) is 18.1 Å². The Labute approximate surface area is 77.0 Å². The molecule has 0 atom stereocenters. The van der Waals surface area contributed by atoms with Crippen LogP contribution >= 0.6 is 11.3 Å². The van der Waals surface area contributed by atoms with Crippen LogP contribution in [-0.2, 0) is 6.42 Å². The first kappa shape index (κ1) is 9.24. The van der Waals surface area contributed by atoms with Crippen LogP contribution in [0.15, 0.2) is 5.51 Å². The molecule has 0 spiro atoms. The summed E-state index contributed by atoms with van der Waals surface area (Å²) < 4.78 is 0. The summed E-state index contributed by atoms with van der Waals surface area (Å²) in [5.41, 5.74) is 3.02. The van der Waals surface area contributed by atoms with Gasteiger partial charge in [0.1, 0.15) is 0 Å². The van der Waals surface area contributed by atoms with Gasteiger partial charge in [-0.3, -0.25) is 0 Å². The van der Waals surface area contributed by atoms with Crippen LogP contribution in [0, 0.1) is 19.3 Å². The average molecular weight is 180 g/mol. The second kappa shape index (κ2) is 4.91. The fourth-order valence-corrected chi connectivity index (χ4v) is 1.71. The van der Waals surface area contributed by atoms with Gasteiger partial charge in [-0.15, -0.1) is 17.8 Å². The van der Waals surface area contributed by atoms with Crippen LogP contribution < -0.4 is 5.32 Å². The highest BCUT2D eigenvalue weighted by atomic mass is 32.1. The molecular weight excluding hydrogens is 168 g/mol. The van der Waals surface area contributed by atoms with Crippen LogP contribution in [0.3, 0.4) is 0 Å². The summed E-state index contributed by atoms with van der Waals surface area (Å²) in [5.74, 6) is 2.54. The summed E-state index contributed by atoms with van der Waals surface area (Å²) >= 11 is 1.70. The van der Waals surface area contributed by atoms with Crippen molar-refractivity contribution in [1.29, 1.82) is 0 Å². The van der Waals surface area contributed by atoms with Crippen LogP contribution in [0.1, 0.15) is 10.6 Å². The standard InChI is InChI=1S/C9H12N2S/c1-3-5-10-6-4-9-8(2)11-7-12-9/h1,7,10H,4-6H2,2H3. The molecule has 0 aromatic carbocycles. The van der Waals surface area contributed by atoms with Gasteiger partial charge in [-0.05, 0) is 13.3 Å². The molecule has 0 aliphatic rings. The van der Waals surface area contributed by atoms with Gasteiger partial charge in [0.25, 0.3) is 0 Å². The molecule has 3 heteroatoms. The molecule has 1 rings (SSSR count). The Morgan fingerprint density at radius 2 is 2.58 bits per heavy atom.